The number of aliphatic carboxylic acids is 1. The minimum absolute atomic E-state index is 0.0211. The monoisotopic (exact) mass is 258 g/mol. The second-order valence-corrected chi connectivity index (χ2v) is 4.69. The number of aryl methyl sites for hydroxylation is 1. The molecule has 1 aromatic heterocycles. The van der Waals surface area contributed by atoms with Gasteiger partial charge in [-0.1, -0.05) is 37.6 Å². The molecule has 2 aromatic rings. The number of hydrogen-bond acceptors (Lipinski definition) is 2. The number of aromatic amines is 1. The highest BCUT2D eigenvalue weighted by Gasteiger charge is 2.13. The number of hydrogen-bond donors (Lipinski definition) is 2. The average molecular weight is 258 g/mol. The molecular weight excluding hydrogens is 240 g/mol. The van der Waals surface area contributed by atoms with E-state index in [2.05, 4.69) is 29.3 Å². The molecule has 0 amide bonds. The third kappa shape index (κ3) is 3.02. The molecule has 0 fully saturated rings. The zero-order valence-corrected chi connectivity index (χ0v) is 11.2. The number of carboxylic acid groups (broad SMARTS) is 1. The fourth-order valence-electron chi connectivity index (χ4n) is 2.16. The van der Waals surface area contributed by atoms with E-state index in [1.807, 2.05) is 19.1 Å². The Morgan fingerprint density at radius 3 is 2.58 bits per heavy atom. The molecule has 19 heavy (non-hydrogen) atoms. The van der Waals surface area contributed by atoms with Crippen LogP contribution in [0.1, 0.15) is 30.2 Å². The summed E-state index contributed by atoms with van der Waals surface area (Å²) in [6.07, 6.45) is 2.18. The number of H-pyrrole nitrogens is 1. The van der Waals surface area contributed by atoms with Crippen LogP contribution in [-0.4, -0.2) is 21.3 Å². The molecular formula is C15H18N2O2. The van der Waals surface area contributed by atoms with Gasteiger partial charge >= 0.3 is 5.97 Å². The van der Waals surface area contributed by atoms with Gasteiger partial charge in [0.2, 0.25) is 0 Å². The van der Waals surface area contributed by atoms with Gasteiger partial charge in [0.25, 0.3) is 0 Å². The van der Waals surface area contributed by atoms with Gasteiger partial charge in [0.1, 0.15) is 0 Å². The van der Waals surface area contributed by atoms with E-state index in [0.29, 0.717) is 5.69 Å². The van der Waals surface area contributed by atoms with E-state index < -0.39 is 5.97 Å². The molecule has 0 aliphatic rings. The lowest BCUT2D eigenvalue weighted by atomic mass is 10.0. The van der Waals surface area contributed by atoms with Crippen molar-refractivity contribution in [1.29, 1.82) is 0 Å². The SMILES string of the molecule is CCCc1ccc(-c2n[nH]c(CC(=O)O)c2C)cc1. The van der Waals surface area contributed by atoms with Crippen LogP contribution in [0.15, 0.2) is 24.3 Å². The first-order chi connectivity index (χ1) is 9.11. The number of aromatic nitrogens is 2. The van der Waals surface area contributed by atoms with E-state index in [1.165, 1.54) is 5.56 Å². The van der Waals surface area contributed by atoms with E-state index in [0.717, 1.165) is 29.7 Å². The minimum atomic E-state index is -0.850. The maximum atomic E-state index is 10.7. The van der Waals surface area contributed by atoms with E-state index in [1.54, 1.807) is 0 Å². The van der Waals surface area contributed by atoms with Crippen LogP contribution in [0.2, 0.25) is 0 Å². The molecule has 0 saturated carbocycles. The largest absolute Gasteiger partial charge is 0.481 e. The number of rotatable bonds is 5. The van der Waals surface area contributed by atoms with E-state index >= 15 is 0 Å². The third-order valence-corrected chi connectivity index (χ3v) is 3.20. The van der Waals surface area contributed by atoms with Crippen molar-refractivity contribution in [2.24, 2.45) is 0 Å². The first-order valence-corrected chi connectivity index (χ1v) is 6.46. The third-order valence-electron chi connectivity index (χ3n) is 3.20. The lowest BCUT2D eigenvalue weighted by Crippen LogP contribution is -2.01. The van der Waals surface area contributed by atoms with Crippen molar-refractivity contribution in [3.63, 3.8) is 0 Å². The van der Waals surface area contributed by atoms with Crippen LogP contribution in [0.3, 0.4) is 0 Å². The summed E-state index contributed by atoms with van der Waals surface area (Å²) in [6.45, 7) is 4.06. The van der Waals surface area contributed by atoms with Crippen LogP contribution >= 0.6 is 0 Å². The Balaban J connectivity index is 2.26. The Kier molecular flexibility index (Phi) is 4.00. The number of carbonyl (C=O) groups is 1. The molecule has 0 spiro atoms. The Morgan fingerprint density at radius 2 is 2.00 bits per heavy atom. The van der Waals surface area contributed by atoms with Gasteiger partial charge in [-0.05, 0) is 24.5 Å². The number of nitrogens with zero attached hydrogens (tertiary/aromatic N) is 1. The van der Waals surface area contributed by atoms with Gasteiger partial charge in [-0.2, -0.15) is 5.10 Å². The first-order valence-electron chi connectivity index (χ1n) is 6.46. The van der Waals surface area contributed by atoms with Gasteiger partial charge in [0.05, 0.1) is 12.1 Å². The Hall–Kier alpha value is -2.10. The average Bonchev–Trinajstić information content (AvgIpc) is 2.72. The summed E-state index contributed by atoms with van der Waals surface area (Å²) < 4.78 is 0. The van der Waals surface area contributed by atoms with Crippen LogP contribution in [0, 0.1) is 6.92 Å². The predicted octanol–water partition coefficient (Wildman–Crippen LogP) is 2.96. The van der Waals surface area contributed by atoms with Gasteiger partial charge < -0.3 is 5.11 Å². The summed E-state index contributed by atoms with van der Waals surface area (Å²) in [5.41, 5.74) is 4.74. The normalized spacial score (nSPS) is 10.6. The molecule has 0 bridgehead atoms. The van der Waals surface area contributed by atoms with Crippen molar-refractivity contribution >= 4 is 5.97 Å². The maximum Gasteiger partial charge on any atom is 0.309 e. The molecule has 1 heterocycles. The summed E-state index contributed by atoms with van der Waals surface area (Å²) >= 11 is 0. The lowest BCUT2D eigenvalue weighted by molar-refractivity contribution is -0.136. The van der Waals surface area contributed by atoms with Crippen molar-refractivity contribution in [2.45, 2.75) is 33.1 Å². The van der Waals surface area contributed by atoms with Crippen molar-refractivity contribution in [3.8, 4) is 11.3 Å². The topological polar surface area (TPSA) is 66.0 Å². The molecule has 0 atom stereocenters. The second-order valence-electron chi connectivity index (χ2n) is 4.69. The van der Waals surface area contributed by atoms with Gasteiger partial charge in [0, 0.05) is 11.3 Å². The molecule has 4 nitrogen and oxygen atoms in total. The van der Waals surface area contributed by atoms with Crippen LogP contribution < -0.4 is 0 Å². The van der Waals surface area contributed by atoms with Crippen LogP contribution in [0.4, 0.5) is 0 Å². The summed E-state index contributed by atoms with van der Waals surface area (Å²) in [4.78, 5) is 10.7. The summed E-state index contributed by atoms with van der Waals surface area (Å²) in [5.74, 6) is -0.850. The van der Waals surface area contributed by atoms with Crippen LogP contribution in [-0.2, 0) is 17.6 Å². The molecule has 100 valence electrons. The number of carboxylic acids is 1. The highest BCUT2D eigenvalue weighted by molar-refractivity contribution is 5.72. The molecule has 0 saturated heterocycles. The molecule has 0 aliphatic heterocycles. The Labute approximate surface area is 112 Å². The van der Waals surface area contributed by atoms with Crippen LogP contribution in [0.5, 0.6) is 0 Å². The van der Waals surface area contributed by atoms with Gasteiger partial charge in [-0.15, -0.1) is 0 Å². The fraction of sp³-hybridized carbons (Fsp3) is 0.333. The highest BCUT2D eigenvalue weighted by atomic mass is 16.4. The smallest absolute Gasteiger partial charge is 0.309 e. The molecule has 2 rings (SSSR count). The van der Waals surface area contributed by atoms with Crippen molar-refractivity contribution in [2.75, 3.05) is 0 Å². The quantitative estimate of drug-likeness (QED) is 0.866. The highest BCUT2D eigenvalue weighted by Crippen LogP contribution is 2.24. The van der Waals surface area contributed by atoms with E-state index in [4.69, 9.17) is 5.11 Å². The predicted molar refractivity (Wildman–Crippen MR) is 74.1 cm³/mol. The molecule has 0 radical (unpaired) electrons. The lowest BCUT2D eigenvalue weighted by Gasteiger charge is -2.02. The Bertz CT molecular complexity index is 570. The van der Waals surface area contributed by atoms with Crippen molar-refractivity contribution < 1.29 is 9.90 Å². The molecule has 4 heteroatoms. The van der Waals surface area contributed by atoms with E-state index in [9.17, 15) is 4.79 Å². The minimum Gasteiger partial charge on any atom is -0.481 e. The fourth-order valence-corrected chi connectivity index (χ4v) is 2.16. The first kappa shape index (κ1) is 13.3. The summed E-state index contributed by atoms with van der Waals surface area (Å²) in [5, 5.41) is 15.9. The number of benzene rings is 1. The zero-order valence-electron chi connectivity index (χ0n) is 11.2. The van der Waals surface area contributed by atoms with Crippen molar-refractivity contribution in [3.05, 3.63) is 41.1 Å². The van der Waals surface area contributed by atoms with Crippen LogP contribution in [0.25, 0.3) is 11.3 Å². The standard InChI is InChI=1S/C15H18N2O2/c1-3-4-11-5-7-12(8-6-11)15-10(2)13(16-17-15)9-14(18)19/h5-8H,3-4,9H2,1-2H3,(H,16,17)(H,18,19). The summed E-state index contributed by atoms with van der Waals surface area (Å²) in [6, 6.07) is 8.28. The van der Waals surface area contributed by atoms with Crippen molar-refractivity contribution in [1.82, 2.24) is 10.2 Å². The second kappa shape index (κ2) is 5.69. The summed E-state index contributed by atoms with van der Waals surface area (Å²) in [7, 11) is 0. The molecule has 2 N–H and O–H groups in total. The number of nitrogens with one attached hydrogen (secondary N) is 1. The molecule has 0 unspecified atom stereocenters. The maximum absolute atomic E-state index is 10.7. The zero-order chi connectivity index (χ0) is 13.8. The van der Waals surface area contributed by atoms with Gasteiger partial charge in [-0.3, -0.25) is 9.89 Å². The van der Waals surface area contributed by atoms with Gasteiger partial charge in [0.15, 0.2) is 0 Å². The Morgan fingerprint density at radius 1 is 1.32 bits per heavy atom. The van der Waals surface area contributed by atoms with Gasteiger partial charge in [-0.25, -0.2) is 0 Å². The molecule has 1 aromatic carbocycles. The van der Waals surface area contributed by atoms with E-state index in [-0.39, 0.29) is 6.42 Å². The molecule has 0 aliphatic carbocycles.